The van der Waals surface area contributed by atoms with E-state index in [4.69, 9.17) is 10.8 Å². The van der Waals surface area contributed by atoms with Crippen molar-refractivity contribution in [3.8, 4) is 0 Å². The van der Waals surface area contributed by atoms with Crippen molar-refractivity contribution >= 4 is 24.2 Å². The summed E-state index contributed by atoms with van der Waals surface area (Å²) < 4.78 is 0. The minimum absolute atomic E-state index is 0. The molecule has 0 bridgehead atoms. The molecule has 0 saturated carbocycles. The second kappa shape index (κ2) is 5.89. The molecule has 1 rings (SSSR count). The van der Waals surface area contributed by atoms with E-state index in [0.29, 0.717) is 13.0 Å². The first-order valence-corrected chi connectivity index (χ1v) is 4.52. The average Bonchev–Trinajstić information content (AvgIpc) is 2.51. The summed E-state index contributed by atoms with van der Waals surface area (Å²) in [6, 6.07) is -1.10. The Morgan fingerprint density at radius 3 is 2.60 bits per heavy atom. The van der Waals surface area contributed by atoms with Gasteiger partial charge >= 0.3 is 0 Å². The minimum Gasteiger partial charge on any atom is -0.392 e. The number of β-amino-alcohol motifs (C(OH)–C–C–N with tert-alkyl or cyclic N) is 1. The molecule has 6 nitrogen and oxygen atoms in total. The number of primary amides is 1. The van der Waals surface area contributed by atoms with E-state index >= 15 is 0 Å². The number of rotatable bonds is 3. The lowest BCUT2D eigenvalue weighted by molar-refractivity contribution is -0.128. The number of hydrogen-bond donors (Lipinski definition) is 4. The van der Waals surface area contributed by atoms with Gasteiger partial charge < -0.3 is 21.5 Å². The highest BCUT2D eigenvalue weighted by Crippen LogP contribution is 2.06. The van der Waals surface area contributed by atoms with Gasteiger partial charge in [0.15, 0.2) is 0 Å². The number of hydrogen-bond acceptors (Lipinski definition) is 4. The molecule has 88 valence electrons. The summed E-state index contributed by atoms with van der Waals surface area (Å²) in [4.78, 5) is 22.1. The first-order chi connectivity index (χ1) is 6.50. The summed E-state index contributed by atoms with van der Waals surface area (Å²) in [5.74, 6) is -0.871. The molecule has 0 spiro atoms. The van der Waals surface area contributed by atoms with Gasteiger partial charge in [0.05, 0.1) is 12.1 Å². The number of aliphatic hydroxyl groups excluding tert-OH is 1. The fourth-order valence-electron chi connectivity index (χ4n) is 1.30. The number of carbonyl (C=O) groups excluding carboxylic acids is 2. The zero-order valence-electron chi connectivity index (χ0n) is 8.40. The Hall–Kier alpha value is -0.850. The quantitative estimate of drug-likeness (QED) is 0.461. The van der Waals surface area contributed by atoms with Gasteiger partial charge in [0.2, 0.25) is 11.8 Å². The van der Waals surface area contributed by atoms with E-state index in [1.54, 1.807) is 0 Å². The number of amides is 2. The van der Waals surface area contributed by atoms with Crippen LogP contribution in [0.1, 0.15) is 13.3 Å². The lowest BCUT2D eigenvalue weighted by Crippen LogP contribution is -2.48. The molecule has 0 unspecified atom stereocenters. The van der Waals surface area contributed by atoms with Crippen LogP contribution in [0.25, 0.3) is 0 Å². The Morgan fingerprint density at radius 1 is 1.60 bits per heavy atom. The summed E-state index contributed by atoms with van der Waals surface area (Å²) in [5, 5.41) is 14.4. The number of halogens is 1. The number of aliphatic hydroxyl groups is 1. The largest absolute Gasteiger partial charge is 0.392 e. The van der Waals surface area contributed by atoms with Crippen molar-refractivity contribution in [1.29, 1.82) is 0 Å². The Labute approximate surface area is 94.0 Å². The Kier molecular flexibility index (Phi) is 5.56. The van der Waals surface area contributed by atoms with Crippen LogP contribution in [0, 0.1) is 0 Å². The predicted octanol–water partition coefficient (Wildman–Crippen LogP) is -1.88. The summed E-state index contributed by atoms with van der Waals surface area (Å²) in [6.07, 6.45) is -0.119. The molecule has 15 heavy (non-hydrogen) atoms. The molecule has 2 amide bonds. The van der Waals surface area contributed by atoms with Gasteiger partial charge in [-0.25, -0.2) is 0 Å². The molecular weight excluding hydrogens is 222 g/mol. The SMILES string of the molecule is C[C@H](NC(=O)[C@H]1C[C@H](O)CN1)C(N)=O.Cl. The zero-order valence-corrected chi connectivity index (χ0v) is 9.21. The van der Waals surface area contributed by atoms with E-state index in [-0.39, 0.29) is 18.3 Å². The van der Waals surface area contributed by atoms with E-state index < -0.39 is 24.1 Å². The molecule has 0 aromatic rings. The monoisotopic (exact) mass is 237 g/mol. The molecule has 1 heterocycles. The van der Waals surface area contributed by atoms with Crippen LogP contribution in [0.3, 0.4) is 0 Å². The topological polar surface area (TPSA) is 104 Å². The second-order valence-corrected chi connectivity index (χ2v) is 3.48. The lowest BCUT2D eigenvalue weighted by atomic mass is 10.2. The summed E-state index contributed by atoms with van der Waals surface area (Å²) in [5.41, 5.74) is 4.99. The van der Waals surface area contributed by atoms with E-state index in [1.807, 2.05) is 0 Å². The van der Waals surface area contributed by atoms with Gasteiger partial charge in [-0.2, -0.15) is 0 Å². The van der Waals surface area contributed by atoms with Crippen molar-refractivity contribution in [2.24, 2.45) is 5.73 Å². The Morgan fingerprint density at radius 2 is 2.20 bits per heavy atom. The molecule has 1 fully saturated rings. The molecule has 0 aromatic carbocycles. The van der Waals surface area contributed by atoms with Crippen molar-refractivity contribution in [3.63, 3.8) is 0 Å². The lowest BCUT2D eigenvalue weighted by Gasteiger charge is -2.14. The number of nitrogens with one attached hydrogen (secondary N) is 2. The Bertz CT molecular complexity index is 249. The van der Waals surface area contributed by atoms with Crippen molar-refractivity contribution < 1.29 is 14.7 Å². The third-order valence-electron chi connectivity index (χ3n) is 2.21. The van der Waals surface area contributed by atoms with Crippen molar-refractivity contribution in [2.45, 2.75) is 31.5 Å². The van der Waals surface area contributed by atoms with Gasteiger partial charge in [-0.3, -0.25) is 9.59 Å². The van der Waals surface area contributed by atoms with E-state index in [2.05, 4.69) is 10.6 Å². The van der Waals surface area contributed by atoms with Crippen molar-refractivity contribution in [2.75, 3.05) is 6.54 Å². The molecule has 3 atom stereocenters. The van der Waals surface area contributed by atoms with Gasteiger partial charge in [-0.1, -0.05) is 0 Å². The van der Waals surface area contributed by atoms with Crippen LogP contribution in [-0.4, -0.2) is 41.7 Å². The molecule has 1 aliphatic heterocycles. The van der Waals surface area contributed by atoms with Gasteiger partial charge in [0.25, 0.3) is 0 Å². The van der Waals surface area contributed by atoms with E-state index in [9.17, 15) is 9.59 Å². The molecule has 0 radical (unpaired) electrons. The van der Waals surface area contributed by atoms with Gasteiger partial charge in [0.1, 0.15) is 6.04 Å². The first-order valence-electron chi connectivity index (χ1n) is 4.52. The highest BCUT2D eigenvalue weighted by atomic mass is 35.5. The standard InChI is InChI=1S/C8H15N3O3.ClH/c1-4(7(9)13)11-8(14)6-2-5(12)3-10-6;/h4-6,10,12H,2-3H2,1H3,(H2,9,13)(H,11,14);1H/t4-,5-,6+;/m0./s1. The van der Waals surface area contributed by atoms with E-state index in [0.717, 1.165) is 0 Å². The Balaban J connectivity index is 0.00000196. The van der Waals surface area contributed by atoms with Gasteiger partial charge in [0, 0.05) is 6.54 Å². The van der Waals surface area contributed by atoms with Crippen LogP contribution in [0.5, 0.6) is 0 Å². The number of carbonyl (C=O) groups is 2. The minimum atomic E-state index is -0.679. The van der Waals surface area contributed by atoms with Crippen molar-refractivity contribution in [1.82, 2.24) is 10.6 Å². The average molecular weight is 238 g/mol. The first kappa shape index (κ1) is 14.2. The van der Waals surface area contributed by atoms with Gasteiger partial charge in [-0.15, -0.1) is 12.4 Å². The fourth-order valence-corrected chi connectivity index (χ4v) is 1.30. The highest BCUT2D eigenvalue weighted by molar-refractivity contribution is 5.88. The molecule has 1 aliphatic rings. The van der Waals surface area contributed by atoms with Crippen LogP contribution < -0.4 is 16.4 Å². The third kappa shape index (κ3) is 4.03. The molecule has 0 aliphatic carbocycles. The third-order valence-corrected chi connectivity index (χ3v) is 2.21. The maximum atomic E-state index is 11.4. The van der Waals surface area contributed by atoms with E-state index in [1.165, 1.54) is 6.92 Å². The normalized spacial score (nSPS) is 26.5. The molecule has 7 heteroatoms. The smallest absolute Gasteiger partial charge is 0.239 e. The van der Waals surface area contributed by atoms with Crippen molar-refractivity contribution in [3.05, 3.63) is 0 Å². The van der Waals surface area contributed by atoms with Crippen LogP contribution in [0.15, 0.2) is 0 Å². The summed E-state index contributed by atoms with van der Waals surface area (Å²) in [7, 11) is 0. The summed E-state index contributed by atoms with van der Waals surface area (Å²) >= 11 is 0. The molecule has 5 N–H and O–H groups in total. The second-order valence-electron chi connectivity index (χ2n) is 3.48. The predicted molar refractivity (Wildman–Crippen MR) is 56.5 cm³/mol. The van der Waals surface area contributed by atoms with Crippen LogP contribution in [-0.2, 0) is 9.59 Å². The molecular formula is C8H16ClN3O3. The van der Waals surface area contributed by atoms with Gasteiger partial charge in [-0.05, 0) is 13.3 Å². The number of nitrogens with two attached hydrogens (primary N) is 1. The van der Waals surface area contributed by atoms with Crippen LogP contribution in [0.2, 0.25) is 0 Å². The zero-order chi connectivity index (χ0) is 10.7. The van der Waals surface area contributed by atoms with Crippen LogP contribution in [0.4, 0.5) is 0 Å². The van der Waals surface area contributed by atoms with Crippen LogP contribution >= 0.6 is 12.4 Å². The maximum absolute atomic E-state index is 11.4. The molecule has 1 saturated heterocycles. The summed E-state index contributed by atoms with van der Waals surface area (Å²) in [6.45, 7) is 1.93. The molecule has 0 aromatic heterocycles. The maximum Gasteiger partial charge on any atom is 0.239 e. The highest BCUT2D eigenvalue weighted by Gasteiger charge is 2.29. The fraction of sp³-hybridized carbons (Fsp3) is 0.750.